The SMILES string of the molecule is Cc1ccccc1C(=O)NN=C(C=NO)c1ccccc1. The van der Waals surface area contributed by atoms with Gasteiger partial charge in [-0.1, -0.05) is 53.7 Å². The van der Waals surface area contributed by atoms with E-state index in [1.54, 1.807) is 24.3 Å². The van der Waals surface area contributed by atoms with Crippen LogP contribution in [0.2, 0.25) is 0 Å². The Morgan fingerprint density at radius 2 is 1.76 bits per heavy atom. The number of amides is 1. The summed E-state index contributed by atoms with van der Waals surface area (Å²) in [5, 5.41) is 15.7. The molecule has 0 aliphatic carbocycles. The fourth-order valence-electron chi connectivity index (χ4n) is 1.83. The highest BCUT2D eigenvalue weighted by Gasteiger charge is 2.08. The Balaban J connectivity index is 2.21. The van der Waals surface area contributed by atoms with Crippen LogP contribution in [0.15, 0.2) is 64.9 Å². The van der Waals surface area contributed by atoms with Crippen molar-refractivity contribution in [2.45, 2.75) is 6.92 Å². The van der Waals surface area contributed by atoms with Crippen LogP contribution in [0.4, 0.5) is 0 Å². The first-order chi connectivity index (χ1) is 10.2. The van der Waals surface area contributed by atoms with Crippen LogP contribution in [0, 0.1) is 6.92 Å². The first-order valence-corrected chi connectivity index (χ1v) is 6.39. The number of nitrogens with one attached hydrogen (secondary N) is 1. The molecule has 21 heavy (non-hydrogen) atoms. The summed E-state index contributed by atoms with van der Waals surface area (Å²) in [5.74, 6) is -0.312. The maximum atomic E-state index is 12.1. The van der Waals surface area contributed by atoms with Gasteiger partial charge in [-0.25, -0.2) is 5.43 Å². The second-order valence-corrected chi connectivity index (χ2v) is 4.36. The van der Waals surface area contributed by atoms with E-state index in [0.717, 1.165) is 11.1 Å². The molecule has 0 unspecified atom stereocenters. The Labute approximate surface area is 122 Å². The molecule has 0 aliphatic rings. The van der Waals surface area contributed by atoms with E-state index >= 15 is 0 Å². The summed E-state index contributed by atoms with van der Waals surface area (Å²) in [6, 6.07) is 16.4. The van der Waals surface area contributed by atoms with Gasteiger partial charge in [0.2, 0.25) is 0 Å². The predicted molar refractivity (Wildman–Crippen MR) is 81.9 cm³/mol. The third kappa shape index (κ3) is 3.76. The first-order valence-electron chi connectivity index (χ1n) is 6.39. The minimum atomic E-state index is -0.312. The number of hydrogen-bond donors (Lipinski definition) is 2. The standard InChI is InChI=1S/C16H15N3O2/c1-12-7-5-6-10-14(12)16(20)19-18-15(11-17-21)13-8-3-2-4-9-13/h2-11,21H,1H3,(H,19,20). The number of carbonyl (C=O) groups excluding carboxylic acids is 1. The maximum Gasteiger partial charge on any atom is 0.271 e. The highest BCUT2D eigenvalue weighted by atomic mass is 16.4. The summed E-state index contributed by atoms with van der Waals surface area (Å²) >= 11 is 0. The minimum absolute atomic E-state index is 0.312. The molecule has 0 heterocycles. The van der Waals surface area contributed by atoms with Gasteiger partial charge in [0.1, 0.15) is 5.71 Å². The van der Waals surface area contributed by atoms with Gasteiger partial charge < -0.3 is 5.21 Å². The molecule has 0 spiro atoms. The molecule has 0 saturated carbocycles. The van der Waals surface area contributed by atoms with Crippen molar-refractivity contribution in [3.05, 3.63) is 71.3 Å². The molecule has 1 amide bonds. The number of rotatable bonds is 4. The molecule has 5 heteroatoms. The van der Waals surface area contributed by atoms with Crippen LogP contribution in [-0.4, -0.2) is 23.0 Å². The molecule has 2 aromatic rings. The number of carbonyl (C=O) groups is 1. The van der Waals surface area contributed by atoms with Gasteiger partial charge in [-0.2, -0.15) is 5.10 Å². The third-order valence-corrected chi connectivity index (χ3v) is 2.92. The molecule has 2 rings (SSSR count). The van der Waals surface area contributed by atoms with Crippen molar-refractivity contribution in [1.82, 2.24) is 5.43 Å². The van der Waals surface area contributed by atoms with Crippen LogP contribution in [0.25, 0.3) is 0 Å². The topological polar surface area (TPSA) is 74.0 Å². The smallest absolute Gasteiger partial charge is 0.271 e. The lowest BCUT2D eigenvalue weighted by molar-refractivity contribution is 0.0954. The lowest BCUT2D eigenvalue weighted by atomic mass is 10.1. The molecule has 106 valence electrons. The lowest BCUT2D eigenvalue weighted by Crippen LogP contribution is -2.21. The lowest BCUT2D eigenvalue weighted by Gasteiger charge is -2.05. The molecule has 0 bridgehead atoms. The quantitative estimate of drug-likeness (QED) is 0.513. The van der Waals surface area contributed by atoms with Crippen molar-refractivity contribution >= 4 is 17.8 Å². The molecule has 0 fully saturated rings. The average molecular weight is 281 g/mol. The van der Waals surface area contributed by atoms with E-state index in [0.29, 0.717) is 11.3 Å². The zero-order chi connectivity index (χ0) is 15.1. The fraction of sp³-hybridized carbons (Fsp3) is 0.0625. The molecule has 0 aromatic heterocycles. The van der Waals surface area contributed by atoms with Crippen LogP contribution in [0.1, 0.15) is 21.5 Å². The number of benzene rings is 2. The minimum Gasteiger partial charge on any atom is -0.411 e. The molecular formula is C16H15N3O2. The van der Waals surface area contributed by atoms with Crippen molar-refractivity contribution in [1.29, 1.82) is 0 Å². The van der Waals surface area contributed by atoms with Gasteiger partial charge in [0, 0.05) is 11.1 Å². The number of nitrogens with zero attached hydrogens (tertiary/aromatic N) is 2. The van der Waals surface area contributed by atoms with Crippen molar-refractivity contribution < 1.29 is 10.0 Å². The molecule has 0 radical (unpaired) electrons. The molecular weight excluding hydrogens is 266 g/mol. The van der Waals surface area contributed by atoms with Crippen molar-refractivity contribution in [2.75, 3.05) is 0 Å². The van der Waals surface area contributed by atoms with Gasteiger partial charge in [0.15, 0.2) is 0 Å². The zero-order valence-electron chi connectivity index (χ0n) is 11.5. The molecule has 0 saturated heterocycles. The zero-order valence-corrected chi connectivity index (χ0v) is 11.5. The van der Waals surface area contributed by atoms with Crippen LogP contribution < -0.4 is 5.43 Å². The molecule has 0 atom stereocenters. The summed E-state index contributed by atoms with van der Waals surface area (Å²) in [6.45, 7) is 1.85. The second-order valence-electron chi connectivity index (χ2n) is 4.36. The number of oxime groups is 1. The largest absolute Gasteiger partial charge is 0.411 e. The van der Waals surface area contributed by atoms with Crippen molar-refractivity contribution in [2.24, 2.45) is 10.3 Å². The molecule has 5 nitrogen and oxygen atoms in total. The van der Waals surface area contributed by atoms with E-state index in [1.807, 2.05) is 37.3 Å². The Hall–Kier alpha value is -2.95. The van der Waals surface area contributed by atoms with E-state index < -0.39 is 0 Å². The van der Waals surface area contributed by atoms with Gasteiger partial charge in [-0.15, -0.1) is 0 Å². The van der Waals surface area contributed by atoms with Gasteiger partial charge >= 0.3 is 0 Å². The summed E-state index contributed by atoms with van der Waals surface area (Å²) in [5.41, 5.74) is 4.98. The Bertz CT molecular complexity index is 679. The second kappa shape index (κ2) is 7.00. The Morgan fingerprint density at radius 3 is 2.43 bits per heavy atom. The summed E-state index contributed by atoms with van der Waals surface area (Å²) in [6.07, 6.45) is 1.17. The molecule has 2 N–H and O–H groups in total. The Kier molecular flexibility index (Phi) is 4.82. The average Bonchev–Trinajstić information content (AvgIpc) is 2.52. The maximum absolute atomic E-state index is 12.1. The third-order valence-electron chi connectivity index (χ3n) is 2.92. The monoisotopic (exact) mass is 281 g/mol. The van der Waals surface area contributed by atoms with Crippen LogP contribution in [-0.2, 0) is 0 Å². The van der Waals surface area contributed by atoms with E-state index in [-0.39, 0.29) is 5.91 Å². The predicted octanol–water partition coefficient (Wildman–Crippen LogP) is 2.59. The summed E-state index contributed by atoms with van der Waals surface area (Å²) in [4.78, 5) is 12.1. The number of hydrogen-bond acceptors (Lipinski definition) is 4. The van der Waals surface area contributed by atoms with E-state index in [4.69, 9.17) is 5.21 Å². The van der Waals surface area contributed by atoms with Crippen molar-refractivity contribution in [3.63, 3.8) is 0 Å². The van der Waals surface area contributed by atoms with Gasteiger partial charge in [-0.05, 0) is 18.6 Å². The normalized spacial score (nSPS) is 11.6. The van der Waals surface area contributed by atoms with Crippen molar-refractivity contribution in [3.8, 4) is 0 Å². The first kappa shape index (κ1) is 14.5. The number of hydrazone groups is 1. The summed E-state index contributed by atoms with van der Waals surface area (Å²) < 4.78 is 0. The highest BCUT2D eigenvalue weighted by Crippen LogP contribution is 2.06. The van der Waals surface area contributed by atoms with Gasteiger partial charge in [-0.3, -0.25) is 4.79 Å². The van der Waals surface area contributed by atoms with Gasteiger partial charge in [0.25, 0.3) is 5.91 Å². The van der Waals surface area contributed by atoms with Crippen LogP contribution in [0.3, 0.4) is 0 Å². The summed E-state index contributed by atoms with van der Waals surface area (Å²) in [7, 11) is 0. The number of aryl methyl sites for hydroxylation is 1. The van der Waals surface area contributed by atoms with Gasteiger partial charge in [0.05, 0.1) is 6.21 Å². The van der Waals surface area contributed by atoms with E-state index in [1.165, 1.54) is 6.21 Å². The van der Waals surface area contributed by atoms with E-state index in [9.17, 15) is 4.79 Å². The molecule has 0 aliphatic heterocycles. The van der Waals surface area contributed by atoms with E-state index in [2.05, 4.69) is 15.7 Å². The molecule has 2 aromatic carbocycles. The van der Waals surface area contributed by atoms with Crippen LogP contribution in [0.5, 0.6) is 0 Å². The Morgan fingerprint density at radius 1 is 1.10 bits per heavy atom. The van der Waals surface area contributed by atoms with Crippen LogP contribution >= 0.6 is 0 Å². The fourth-order valence-corrected chi connectivity index (χ4v) is 1.83. The highest BCUT2D eigenvalue weighted by molar-refractivity contribution is 6.38.